The smallest absolute Gasteiger partial charge is 0.404 e. The molecule has 54 heavy (non-hydrogen) atoms. The molecular formula is C40H51N9O5. The van der Waals surface area contributed by atoms with E-state index in [1.54, 1.807) is 4.90 Å². The van der Waals surface area contributed by atoms with Crippen molar-refractivity contribution in [3.8, 4) is 39.7 Å². The Balaban J connectivity index is 0.000000934. The van der Waals surface area contributed by atoms with Gasteiger partial charge in [-0.05, 0) is 67.5 Å². The molecule has 7 rings (SSSR count). The van der Waals surface area contributed by atoms with E-state index in [0.717, 1.165) is 82.2 Å². The molecular weight excluding hydrogens is 686 g/mol. The number of nitrogens with one attached hydrogen (secondary N) is 2. The lowest BCUT2D eigenvalue weighted by Crippen LogP contribution is -2.46. The molecule has 5 heterocycles. The lowest BCUT2D eigenvalue weighted by molar-refractivity contribution is -0.134. The average molecular weight is 738 g/mol. The maximum atomic E-state index is 13.0. The number of methoxy groups -OCH3 is 1. The Morgan fingerprint density at radius 3 is 2.48 bits per heavy atom. The second kappa shape index (κ2) is 16.2. The van der Waals surface area contributed by atoms with Crippen molar-refractivity contribution < 1.29 is 23.9 Å². The number of nitrogens with two attached hydrogens (primary N) is 2. The summed E-state index contributed by atoms with van der Waals surface area (Å²) in [6.45, 7) is 11.9. The zero-order valence-corrected chi connectivity index (χ0v) is 31.9. The fraction of sp³-hybridized carbons (Fsp3) is 0.425. The number of aromatic amines is 2. The molecule has 2 aliphatic rings. The molecule has 0 spiro atoms. The summed E-state index contributed by atoms with van der Waals surface area (Å²) >= 11 is 0. The minimum absolute atomic E-state index is 0.0253. The highest BCUT2D eigenvalue weighted by molar-refractivity contribution is 6.00. The van der Waals surface area contributed by atoms with Gasteiger partial charge in [0.15, 0.2) is 11.5 Å². The molecule has 0 radical (unpaired) electrons. The Morgan fingerprint density at radius 1 is 1.04 bits per heavy atom. The van der Waals surface area contributed by atoms with E-state index in [2.05, 4.69) is 75.2 Å². The summed E-state index contributed by atoms with van der Waals surface area (Å²) in [7, 11) is 1.22. The van der Waals surface area contributed by atoms with Crippen LogP contribution in [0.2, 0.25) is 0 Å². The third-order valence-corrected chi connectivity index (χ3v) is 9.90. The molecule has 5 aromatic rings. The van der Waals surface area contributed by atoms with E-state index >= 15 is 0 Å². The van der Waals surface area contributed by atoms with Crippen LogP contribution in [-0.4, -0.2) is 78.5 Å². The van der Waals surface area contributed by atoms with E-state index in [4.69, 9.17) is 15.5 Å². The van der Waals surface area contributed by atoms with Crippen LogP contribution in [0.1, 0.15) is 78.0 Å². The van der Waals surface area contributed by atoms with Crippen molar-refractivity contribution in [2.24, 2.45) is 23.3 Å². The molecule has 3 amide bonds. The van der Waals surface area contributed by atoms with Crippen LogP contribution in [0.15, 0.2) is 55.0 Å². The van der Waals surface area contributed by atoms with Gasteiger partial charge in [0, 0.05) is 42.2 Å². The predicted octanol–water partition coefficient (Wildman–Crippen LogP) is 6.66. The molecule has 0 saturated carbocycles. The van der Waals surface area contributed by atoms with Gasteiger partial charge in [-0.25, -0.2) is 14.8 Å². The van der Waals surface area contributed by atoms with Crippen molar-refractivity contribution in [2.45, 2.75) is 78.9 Å². The van der Waals surface area contributed by atoms with Gasteiger partial charge in [0.25, 0.3) is 0 Å². The van der Waals surface area contributed by atoms with Gasteiger partial charge < -0.3 is 45.3 Å². The van der Waals surface area contributed by atoms with Crippen LogP contribution in [0.25, 0.3) is 39.1 Å². The van der Waals surface area contributed by atoms with Gasteiger partial charge in [0.05, 0.1) is 60.7 Å². The van der Waals surface area contributed by atoms with Crippen LogP contribution in [0.4, 0.5) is 4.79 Å². The number of hydrogen-bond donors (Lipinski definition) is 4. The Labute approximate surface area is 315 Å². The Kier molecular flexibility index (Phi) is 11.4. The maximum absolute atomic E-state index is 13.0. The number of hydrogen-bond acceptors (Lipinski definition) is 8. The third-order valence-electron chi connectivity index (χ3n) is 9.90. The number of carbonyl (C=O) groups is 3. The van der Waals surface area contributed by atoms with Gasteiger partial charge in [-0.3, -0.25) is 9.59 Å². The quantitative estimate of drug-likeness (QED) is 0.113. The Hall–Kier alpha value is -5.63. The normalized spacial score (nSPS) is 15.1. The van der Waals surface area contributed by atoms with Gasteiger partial charge in [-0.15, -0.1) is 0 Å². The van der Waals surface area contributed by atoms with Gasteiger partial charge in [-0.1, -0.05) is 34.6 Å². The average Bonchev–Trinajstić information content (AvgIpc) is 3.98. The van der Waals surface area contributed by atoms with Crippen molar-refractivity contribution in [3.05, 3.63) is 66.6 Å². The summed E-state index contributed by atoms with van der Waals surface area (Å²) < 4.78 is 12.5. The van der Waals surface area contributed by atoms with Gasteiger partial charge in [0.2, 0.25) is 11.8 Å². The number of ether oxygens (including phenoxy) is 2. The van der Waals surface area contributed by atoms with Crippen molar-refractivity contribution in [1.29, 1.82) is 0 Å². The number of aromatic nitrogens is 5. The number of H-pyrrole nitrogens is 2. The SMILES string of the molecule is CCCN(Cc1ncc(-c2ccc3c(c2)-n2ccc4c(-c5cnc(C6CCCN6C(=O)CC(C)C)[nH]5)ccc(c42)O3)[nH]1)C(=O)C(N)C(C)C.COC(N)=O. The topological polar surface area (TPSA) is 190 Å². The summed E-state index contributed by atoms with van der Waals surface area (Å²) in [5, 5.41) is 1.05. The summed E-state index contributed by atoms with van der Waals surface area (Å²) in [5.41, 5.74) is 16.3. The monoisotopic (exact) mass is 737 g/mol. The molecule has 2 unspecified atom stereocenters. The number of likely N-dealkylation sites (tertiary alicyclic amines) is 1. The van der Waals surface area contributed by atoms with E-state index in [1.807, 2.05) is 49.3 Å². The number of fused-ring (bicyclic) bond motifs is 2. The molecule has 3 aromatic heterocycles. The van der Waals surface area contributed by atoms with Crippen LogP contribution < -0.4 is 16.2 Å². The van der Waals surface area contributed by atoms with Crippen LogP contribution in [0, 0.1) is 11.8 Å². The van der Waals surface area contributed by atoms with E-state index in [9.17, 15) is 14.4 Å². The largest absolute Gasteiger partial charge is 0.453 e. The minimum Gasteiger partial charge on any atom is -0.453 e. The van der Waals surface area contributed by atoms with Crippen LogP contribution >= 0.6 is 0 Å². The van der Waals surface area contributed by atoms with Crippen molar-refractivity contribution >= 4 is 28.8 Å². The molecule has 14 nitrogen and oxygen atoms in total. The number of imidazole rings is 2. The highest BCUT2D eigenvalue weighted by atomic mass is 16.5. The predicted molar refractivity (Wildman–Crippen MR) is 207 cm³/mol. The second-order valence-electron chi connectivity index (χ2n) is 14.7. The van der Waals surface area contributed by atoms with Gasteiger partial charge in [0.1, 0.15) is 11.6 Å². The first-order valence-corrected chi connectivity index (χ1v) is 18.6. The number of benzene rings is 2. The molecule has 0 bridgehead atoms. The first-order valence-electron chi connectivity index (χ1n) is 18.6. The highest BCUT2D eigenvalue weighted by Gasteiger charge is 2.32. The Bertz CT molecular complexity index is 2130. The minimum atomic E-state index is -0.745. The zero-order valence-electron chi connectivity index (χ0n) is 31.9. The number of amides is 3. The van der Waals surface area contributed by atoms with Crippen molar-refractivity contribution in [3.63, 3.8) is 0 Å². The molecule has 2 aromatic carbocycles. The zero-order chi connectivity index (χ0) is 38.7. The van der Waals surface area contributed by atoms with Crippen molar-refractivity contribution in [1.82, 2.24) is 34.3 Å². The third kappa shape index (κ3) is 7.84. The summed E-state index contributed by atoms with van der Waals surface area (Å²) in [5.74, 6) is 3.62. The maximum Gasteiger partial charge on any atom is 0.404 e. The number of carbonyl (C=O) groups excluding carboxylic acids is 3. The Morgan fingerprint density at radius 2 is 1.78 bits per heavy atom. The van der Waals surface area contributed by atoms with Gasteiger partial charge in [-0.2, -0.15) is 0 Å². The van der Waals surface area contributed by atoms with E-state index < -0.39 is 12.1 Å². The molecule has 0 aliphatic carbocycles. The summed E-state index contributed by atoms with van der Waals surface area (Å²) in [6.07, 6.45) is 8.30. The molecule has 1 fully saturated rings. The lowest BCUT2D eigenvalue weighted by Gasteiger charge is -2.26. The number of nitrogens with zero attached hydrogens (tertiary/aromatic N) is 5. The molecule has 2 atom stereocenters. The number of primary amides is 1. The van der Waals surface area contributed by atoms with Gasteiger partial charge >= 0.3 is 6.09 Å². The molecule has 2 aliphatic heterocycles. The molecule has 6 N–H and O–H groups in total. The fourth-order valence-electron chi connectivity index (χ4n) is 7.09. The molecule has 14 heteroatoms. The molecule has 286 valence electrons. The molecule has 1 saturated heterocycles. The summed E-state index contributed by atoms with van der Waals surface area (Å²) in [6, 6.07) is 11.7. The fourth-order valence-corrected chi connectivity index (χ4v) is 7.09. The van der Waals surface area contributed by atoms with Crippen LogP contribution in [0.3, 0.4) is 0 Å². The lowest BCUT2D eigenvalue weighted by atomic mass is 10.0. The highest BCUT2D eigenvalue weighted by Crippen LogP contribution is 2.45. The van der Waals surface area contributed by atoms with Crippen LogP contribution in [-0.2, 0) is 20.9 Å². The van der Waals surface area contributed by atoms with E-state index in [-0.39, 0.29) is 23.8 Å². The van der Waals surface area contributed by atoms with Crippen molar-refractivity contribution in [2.75, 3.05) is 20.2 Å². The number of rotatable bonds is 11. The summed E-state index contributed by atoms with van der Waals surface area (Å²) in [4.78, 5) is 55.5. The first kappa shape index (κ1) is 38.1. The van der Waals surface area contributed by atoms with E-state index in [0.29, 0.717) is 31.3 Å². The first-order chi connectivity index (χ1) is 25.9. The van der Waals surface area contributed by atoms with E-state index in [1.165, 1.54) is 7.11 Å². The standard InChI is InChI=1S/C38H46N8O3.C2H5NO2/c1-6-14-44(38(48)35(39)23(4)5)21-33-40-19-27(42-33)24-9-11-31-30(18-24)46-16-13-26-25(10-12-32(49-31)36(26)46)28-20-41-37(43-28)29-8-7-15-45(29)34(47)17-22(2)3;1-5-2(3)4/h9-13,16,18-20,22-23,29,35H,6-8,14-15,17,21,39H2,1-5H3,(H,40,42)(H,41,43);1H3,(H2,3,4). The van der Waals surface area contributed by atoms with Crippen LogP contribution in [0.5, 0.6) is 11.5 Å². The second-order valence-corrected chi connectivity index (χ2v) is 14.7.